The minimum absolute atomic E-state index is 1.07. The fraction of sp³-hybridized carbons (Fsp3) is 0.545. The van der Waals surface area contributed by atoms with Gasteiger partial charge in [0.05, 0.1) is 0 Å². The summed E-state index contributed by atoms with van der Waals surface area (Å²) in [7, 11) is 0. The van der Waals surface area contributed by atoms with Crippen LogP contribution in [0.5, 0.6) is 0 Å². The molecule has 13 heavy (non-hydrogen) atoms. The van der Waals surface area contributed by atoms with Crippen molar-refractivity contribution in [1.29, 1.82) is 0 Å². The number of fused-ring (bicyclic) bond motifs is 1. The average molecular weight is 176 g/mol. The van der Waals surface area contributed by atoms with Crippen LogP contribution in [0, 0.1) is 13.8 Å². The molecule has 0 aromatic carbocycles. The van der Waals surface area contributed by atoms with Gasteiger partial charge in [-0.15, -0.1) is 0 Å². The maximum absolute atomic E-state index is 4.63. The van der Waals surface area contributed by atoms with Gasteiger partial charge < -0.3 is 5.32 Å². The summed E-state index contributed by atoms with van der Waals surface area (Å²) in [5, 5.41) is 3.39. The highest BCUT2D eigenvalue weighted by Gasteiger charge is 2.09. The van der Waals surface area contributed by atoms with Crippen LogP contribution in [0.1, 0.15) is 22.5 Å². The van der Waals surface area contributed by atoms with E-state index >= 15 is 0 Å². The predicted molar refractivity (Wildman–Crippen MR) is 54.0 cm³/mol. The number of rotatable bonds is 0. The van der Waals surface area contributed by atoms with Gasteiger partial charge in [0.25, 0.3) is 0 Å². The Bertz CT molecular complexity index is 287. The van der Waals surface area contributed by atoms with Gasteiger partial charge >= 0.3 is 0 Å². The molecule has 1 aromatic rings. The van der Waals surface area contributed by atoms with Crippen molar-refractivity contribution in [2.24, 2.45) is 0 Å². The van der Waals surface area contributed by atoms with Gasteiger partial charge in [-0.2, -0.15) is 0 Å². The van der Waals surface area contributed by atoms with E-state index in [0.717, 1.165) is 25.9 Å². The molecule has 0 amide bonds. The Morgan fingerprint density at radius 3 is 2.85 bits per heavy atom. The van der Waals surface area contributed by atoms with E-state index in [-0.39, 0.29) is 0 Å². The molecule has 70 valence electrons. The topological polar surface area (TPSA) is 24.9 Å². The maximum atomic E-state index is 4.63. The van der Waals surface area contributed by atoms with Crippen molar-refractivity contribution in [2.75, 3.05) is 13.1 Å². The van der Waals surface area contributed by atoms with Crippen molar-refractivity contribution in [3.05, 3.63) is 28.6 Å². The summed E-state index contributed by atoms with van der Waals surface area (Å²) in [4.78, 5) is 4.63. The fourth-order valence-corrected chi connectivity index (χ4v) is 1.80. The Morgan fingerprint density at radius 1 is 1.23 bits per heavy atom. The Labute approximate surface area is 79.4 Å². The summed E-state index contributed by atoms with van der Waals surface area (Å²) in [6, 6.07) is 2.30. The van der Waals surface area contributed by atoms with Crippen molar-refractivity contribution >= 4 is 0 Å². The van der Waals surface area contributed by atoms with Crippen molar-refractivity contribution in [3.63, 3.8) is 0 Å². The van der Waals surface area contributed by atoms with E-state index in [1.807, 2.05) is 0 Å². The minimum Gasteiger partial charge on any atom is -0.316 e. The highest BCUT2D eigenvalue weighted by atomic mass is 14.9. The van der Waals surface area contributed by atoms with Crippen molar-refractivity contribution in [2.45, 2.75) is 26.7 Å². The van der Waals surface area contributed by atoms with Gasteiger partial charge in [0.2, 0.25) is 0 Å². The Kier molecular flexibility index (Phi) is 2.32. The molecule has 0 fully saturated rings. The van der Waals surface area contributed by atoms with E-state index in [1.54, 1.807) is 0 Å². The van der Waals surface area contributed by atoms with Crippen LogP contribution >= 0.6 is 0 Å². The number of hydrogen-bond donors (Lipinski definition) is 1. The summed E-state index contributed by atoms with van der Waals surface area (Å²) in [5.41, 5.74) is 5.24. The summed E-state index contributed by atoms with van der Waals surface area (Å²) in [5.74, 6) is 0. The molecular weight excluding hydrogens is 160 g/mol. The molecule has 0 atom stereocenters. The number of pyridine rings is 1. The summed E-state index contributed by atoms with van der Waals surface area (Å²) in [6.45, 7) is 6.40. The fourth-order valence-electron chi connectivity index (χ4n) is 1.80. The number of nitrogens with zero attached hydrogens (tertiary/aromatic N) is 1. The number of nitrogens with one attached hydrogen (secondary N) is 1. The van der Waals surface area contributed by atoms with E-state index in [2.05, 4.69) is 30.2 Å². The molecule has 0 aliphatic carbocycles. The minimum atomic E-state index is 1.07. The molecule has 1 aliphatic heterocycles. The smallest absolute Gasteiger partial charge is 0.0452 e. The van der Waals surface area contributed by atoms with Gasteiger partial charge in [0.1, 0.15) is 0 Å². The lowest BCUT2D eigenvalue weighted by Gasteiger charge is -2.07. The van der Waals surface area contributed by atoms with E-state index in [4.69, 9.17) is 0 Å². The lowest BCUT2D eigenvalue weighted by atomic mass is 10.1. The number of aryl methyl sites for hydroxylation is 2. The molecule has 1 aliphatic rings. The van der Waals surface area contributed by atoms with Crippen LogP contribution in [-0.4, -0.2) is 18.1 Å². The molecule has 2 rings (SSSR count). The molecule has 0 saturated carbocycles. The van der Waals surface area contributed by atoms with E-state index in [1.165, 1.54) is 22.5 Å². The first kappa shape index (κ1) is 8.70. The third kappa shape index (κ3) is 1.73. The van der Waals surface area contributed by atoms with Crippen LogP contribution in [0.4, 0.5) is 0 Å². The molecular formula is C11H16N2. The monoisotopic (exact) mass is 176 g/mol. The number of aromatic nitrogens is 1. The third-order valence-electron chi connectivity index (χ3n) is 2.74. The Hall–Kier alpha value is -0.890. The second-order valence-electron chi connectivity index (χ2n) is 3.75. The normalized spacial score (nSPS) is 16.5. The zero-order valence-electron chi connectivity index (χ0n) is 8.35. The molecule has 0 bridgehead atoms. The zero-order valence-corrected chi connectivity index (χ0v) is 8.35. The van der Waals surface area contributed by atoms with Gasteiger partial charge in [0.15, 0.2) is 0 Å². The largest absolute Gasteiger partial charge is 0.316 e. The van der Waals surface area contributed by atoms with Crippen molar-refractivity contribution < 1.29 is 0 Å². The standard InChI is InChI=1S/C11H16N2/c1-8-7-10-3-5-12-6-4-11(10)13-9(8)2/h7,12H,3-6H2,1-2H3. The van der Waals surface area contributed by atoms with Crippen LogP contribution in [0.25, 0.3) is 0 Å². The lowest BCUT2D eigenvalue weighted by molar-refractivity contribution is 0.708. The zero-order chi connectivity index (χ0) is 9.26. The van der Waals surface area contributed by atoms with E-state index in [9.17, 15) is 0 Å². The van der Waals surface area contributed by atoms with Crippen LogP contribution in [0.2, 0.25) is 0 Å². The number of hydrogen-bond acceptors (Lipinski definition) is 2. The predicted octanol–water partition coefficient (Wildman–Crippen LogP) is 1.39. The highest BCUT2D eigenvalue weighted by molar-refractivity contribution is 5.30. The first-order valence-electron chi connectivity index (χ1n) is 4.94. The van der Waals surface area contributed by atoms with Crippen LogP contribution in [0.15, 0.2) is 6.07 Å². The van der Waals surface area contributed by atoms with E-state index in [0.29, 0.717) is 0 Å². The van der Waals surface area contributed by atoms with Gasteiger partial charge in [-0.3, -0.25) is 4.98 Å². The molecule has 0 radical (unpaired) electrons. The Morgan fingerprint density at radius 2 is 2.00 bits per heavy atom. The molecule has 0 saturated heterocycles. The first-order chi connectivity index (χ1) is 6.27. The quantitative estimate of drug-likeness (QED) is 0.646. The maximum Gasteiger partial charge on any atom is 0.0452 e. The molecule has 0 spiro atoms. The van der Waals surface area contributed by atoms with Gasteiger partial charge in [-0.25, -0.2) is 0 Å². The third-order valence-corrected chi connectivity index (χ3v) is 2.74. The molecule has 1 aromatic heterocycles. The first-order valence-corrected chi connectivity index (χ1v) is 4.94. The summed E-state index contributed by atoms with van der Waals surface area (Å²) < 4.78 is 0. The highest BCUT2D eigenvalue weighted by Crippen LogP contribution is 2.14. The summed E-state index contributed by atoms with van der Waals surface area (Å²) >= 11 is 0. The van der Waals surface area contributed by atoms with Crippen LogP contribution in [-0.2, 0) is 12.8 Å². The van der Waals surface area contributed by atoms with Crippen molar-refractivity contribution in [1.82, 2.24) is 10.3 Å². The average Bonchev–Trinajstić information content (AvgIpc) is 2.31. The second-order valence-corrected chi connectivity index (χ2v) is 3.75. The Balaban J connectivity index is 2.43. The van der Waals surface area contributed by atoms with Gasteiger partial charge in [0, 0.05) is 24.4 Å². The SMILES string of the molecule is Cc1cc2c(nc1C)CCNCC2. The second kappa shape index (κ2) is 3.46. The molecule has 2 nitrogen and oxygen atoms in total. The molecule has 1 N–H and O–H groups in total. The molecule has 2 heterocycles. The van der Waals surface area contributed by atoms with Gasteiger partial charge in [-0.05, 0) is 37.9 Å². The summed E-state index contributed by atoms with van der Waals surface area (Å²) in [6.07, 6.45) is 2.21. The van der Waals surface area contributed by atoms with Crippen LogP contribution in [0.3, 0.4) is 0 Å². The molecule has 2 heteroatoms. The van der Waals surface area contributed by atoms with Crippen LogP contribution < -0.4 is 5.32 Å². The lowest BCUT2D eigenvalue weighted by Crippen LogP contribution is -2.16. The molecule has 0 unspecified atom stereocenters. The van der Waals surface area contributed by atoms with E-state index < -0.39 is 0 Å². The van der Waals surface area contributed by atoms with Gasteiger partial charge in [-0.1, -0.05) is 6.07 Å². The van der Waals surface area contributed by atoms with Crippen molar-refractivity contribution in [3.8, 4) is 0 Å².